The van der Waals surface area contributed by atoms with Crippen LogP contribution >= 0.6 is 0 Å². The Morgan fingerprint density at radius 3 is 2.64 bits per heavy atom. The Hall–Kier alpha value is -2.02. The second-order valence-corrected chi connectivity index (χ2v) is 6.21. The van der Waals surface area contributed by atoms with Gasteiger partial charge in [-0.25, -0.2) is 9.97 Å². The maximum atomic E-state index is 5.29. The highest BCUT2D eigenvalue weighted by atomic mass is 16.5. The molecule has 0 aromatic carbocycles. The van der Waals surface area contributed by atoms with Crippen molar-refractivity contribution in [3.05, 3.63) is 29.7 Å². The molecule has 1 aliphatic rings. The Morgan fingerprint density at radius 2 is 2.00 bits per heavy atom. The fourth-order valence-electron chi connectivity index (χ4n) is 2.21. The Morgan fingerprint density at radius 1 is 1.27 bits per heavy atom. The molecule has 0 saturated heterocycles. The molecule has 3 rings (SSSR count). The van der Waals surface area contributed by atoms with Crippen LogP contribution in [0.15, 0.2) is 16.9 Å². The molecule has 22 heavy (non-hydrogen) atoms. The number of aromatic nitrogens is 4. The first-order chi connectivity index (χ1) is 10.6. The van der Waals surface area contributed by atoms with E-state index in [2.05, 4.69) is 44.2 Å². The van der Waals surface area contributed by atoms with E-state index >= 15 is 0 Å². The Labute approximate surface area is 130 Å². The minimum absolute atomic E-state index is 0.326. The summed E-state index contributed by atoms with van der Waals surface area (Å²) in [7, 11) is 2.02. The molecule has 7 nitrogen and oxygen atoms in total. The number of hydrogen-bond donors (Lipinski definition) is 1. The van der Waals surface area contributed by atoms with Gasteiger partial charge >= 0.3 is 0 Å². The van der Waals surface area contributed by atoms with Crippen molar-refractivity contribution in [2.45, 2.75) is 51.7 Å². The average Bonchev–Trinajstić information content (AvgIpc) is 3.21. The third-order valence-corrected chi connectivity index (χ3v) is 3.41. The summed E-state index contributed by atoms with van der Waals surface area (Å²) in [5.74, 6) is 2.71. The lowest BCUT2D eigenvalue weighted by molar-refractivity contribution is 0.260. The van der Waals surface area contributed by atoms with Crippen LogP contribution in [0, 0.1) is 0 Å². The summed E-state index contributed by atoms with van der Waals surface area (Å²) in [5, 5.41) is 7.21. The van der Waals surface area contributed by atoms with Crippen LogP contribution in [-0.2, 0) is 13.1 Å². The molecule has 1 saturated carbocycles. The van der Waals surface area contributed by atoms with Crippen molar-refractivity contribution < 1.29 is 4.52 Å². The van der Waals surface area contributed by atoms with Gasteiger partial charge in [-0.3, -0.25) is 4.90 Å². The smallest absolute Gasteiger partial charge is 0.240 e. The Bertz CT molecular complexity index is 605. The van der Waals surface area contributed by atoms with Crippen molar-refractivity contribution in [2.75, 3.05) is 12.4 Å². The first-order valence-electron chi connectivity index (χ1n) is 7.68. The largest absolute Gasteiger partial charge is 0.352 e. The van der Waals surface area contributed by atoms with Gasteiger partial charge in [-0.05, 0) is 33.7 Å². The number of nitrogens with zero attached hydrogens (tertiary/aromatic N) is 5. The molecule has 7 heteroatoms. The molecule has 0 atom stereocenters. The van der Waals surface area contributed by atoms with Crippen LogP contribution in [0.3, 0.4) is 0 Å². The molecule has 118 valence electrons. The van der Waals surface area contributed by atoms with E-state index in [9.17, 15) is 0 Å². The maximum Gasteiger partial charge on any atom is 0.240 e. The predicted octanol–water partition coefficient (Wildman–Crippen LogP) is 2.19. The molecule has 0 spiro atoms. The third-order valence-electron chi connectivity index (χ3n) is 3.41. The average molecular weight is 302 g/mol. The highest BCUT2D eigenvalue weighted by molar-refractivity contribution is 5.25. The predicted molar refractivity (Wildman–Crippen MR) is 82.2 cm³/mol. The minimum atomic E-state index is 0.326. The number of rotatable bonds is 7. The molecule has 2 aromatic heterocycles. The van der Waals surface area contributed by atoms with Crippen molar-refractivity contribution in [2.24, 2.45) is 0 Å². The second-order valence-electron chi connectivity index (χ2n) is 6.21. The number of nitrogens with one attached hydrogen (secondary N) is 1. The van der Waals surface area contributed by atoms with E-state index in [1.54, 1.807) is 0 Å². The number of hydrogen-bond acceptors (Lipinski definition) is 7. The van der Waals surface area contributed by atoms with Crippen LogP contribution in [-0.4, -0.2) is 38.1 Å². The molecule has 1 N–H and O–H groups in total. The Balaban J connectivity index is 1.52. The van der Waals surface area contributed by atoms with Crippen LogP contribution in [0.1, 0.15) is 49.9 Å². The van der Waals surface area contributed by atoms with Crippen LogP contribution in [0.2, 0.25) is 0 Å². The lowest BCUT2D eigenvalue weighted by Crippen LogP contribution is -2.18. The summed E-state index contributed by atoms with van der Waals surface area (Å²) in [4.78, 5) is 15.2. The SMILES string of the molecule is CC(C)Nc1ncc(CN(C)Cc2nc(C3CC3)no2)cn1. The maximum absolute atomic E-state index is 5.29. The van der Waals surface area contributed by atoms with Crippen LogP contribution in [0.25, 0.3) is 0 Å². The van der Waals surface area contributed by atoms with Crippen LogP contribution < -0.4 is 5.32 Å². The van der Waals surface area contributed by atoms with E-state index in [0.29, 0.717) is 30.3 Å². The first-order valence-corrected chi connectivity index (χ1v) is 7.68. The van der Waals surface area contributed by atoms with Crippen molar-refractivity contribution in [3.63, 3.8) is 0 Å². The van der Waals surface area contributed by atoms with Gasteiger partial charge in [0.15, 0.2) is 5.82 Å². The quantitative estimate of drug-likeness (QED) is 0.839. The minimum Gasteiger partial charge on any atom is -0.352 e. The molecule has 0 aliphatic heterocycles. The lowest BCUT2D eigenvalue weighted by atomic mass is 10.3. The molecule has 0 radical (unpaired) electrons. The standard InChI is InChI=1S/C15H22N6O/c1-10(2)18-15-16-6-11(7-17-15)8-21(3)9-13-19-14(20-22-13)12-4-5-12/h6-7,10,12H,4-5,8-9H2,1-3H3,(H,16,17,18). The molecule has 1 fully saturated rings. The summed E-state index contributed by atoms with van der Waals surface area (Å²) >= 11 is 0. The van der Waals surface area contributed by atoms with Crippen molar-refractivity contribution in [1.29, 1.82) is 0 Å². The van der Waals surface area contributed by atoms with Gasteiger partial charge in [0.05, 0.1) is 6.54 Å². The molecule has 0 bridgehead atoms. The molecule has 1 aliphatic carbocycles. The fourth-order valence-corrected chi connectivity index (χ4v) is 2.21. The van der Waals surface area contributed by atoms with E-state index in [-0.39, 0.29) is 0 Å². The second kappa shape index (κ2) is 6.39. The monoisotopic (exact) mass is 302 g/mol. The van der Waals surface area contributed by atoms with Crippen molar-refractivity contribution >= 4 is 5.95 Å². The molecular formula is C15H22N6O. The topological polar surface area (TPSA) is 80.0 Å². The number of anilines is 1. The summed E-state index contributed by atoms with van der Waals surface area (Å²) in [6.07, 6.45) is 6.06. The van der Waals surface area contributed by atoms with Crippen LogP contribution in [0.5, 0.6) is 0 Å². The molecule has 2 heterocycles. The zero-order valence-electron chi connectivity index (χ0n) is 13.3. The highest BCUT2D eigenvalue weighted by Crippen LogP contribution is 2.38. The highest BCUT2D eigenvalue weighted by Gasteiger charge is 2.28. The zero-order chi connectivity index (χ0) is 15.5. The van der Waals surface area contributed by atoms with Crippen molar-refractivity contribution in [3.8, 4) is 0 Å². The van der Waals surface area contributed by atoms with Gasteiger partial charge in [-0.1, -0.05) is 5.16 Å². The summed E-state index contributed by atoms with van der Waals surface area (Å²) in [6, 6.07) is 0.326. The molecular weight excluding hydrogens is 280 g/mol. The normalized spacial score (nSPS) is 14.8. The summed E-state index contributed by atoms with van der Waals surface area (Å²) in [5.41, 5.74) is 1.05. The van der Waals surface area contributed by atoms with Gasteiger partial charge in [0.2, 0.25) is 11.8 Å². The lowest BCUT2D eigenvalue weighted by Gasteiger charge is -2.14. The van der Waals surface area contributed by atoms with E-state index in [1.165, 1.54) is 12.8 Å². The summed E-state index contributed by atoms with van der Waals surface area (Å²) in [6.45, 7) is 5.49. The van der Waals surface area contributed by atoms with Crippen molar-refractivity contribution in [1.82, 2.24) is 25.0 Å². The van der Waals surface area contributed by atoms with Gasteiger partial charge in [0.25, 0.3) is 0 Å². The third kappa shape index (κ3) is 4.00. The van der Waals surface area contributed by atoms with Gasteiger partial charge < -0.3 is 9.84 Å². The van der Waals surface area contributed by atoms with E-state index in [1.807, 2.05) is 19.4 Å². The molecule has 0 amide bonds. The first kappa shape index (κ1) is 14.9. The van der Waals surface area contributed by atoms with Crippen LogP contribution in [0.4, 0.5) is 5.95 Å². The van der Waals surface area contributed by atoms with E-state index < -0.39 is 0 Å². The van der Waals surface area contributed by atoms with Gasteiger partial charge in [0.1, 0.15) is 0 Å². The van der Waals surface area contributed by atoms with E-state index in [0.717, 1.165) is 17.9 Å². The fraction of sp³-hybridized carbons (Fsp3) is 0.600. The van der Waals surface area contributed by atoms with Gasteiger partial charge in [-0.15, -0.1) is 0 Å². The van der Waals surface area contributed by atoms with E-state index in [4.69, 9.17) is 4.52 Å². The van der Waals surface area contributed by atoms with Gasteiger partial charge in [-0.2, -0.15) is 4.98 Å². The zero-order valence-corrected chi connectivity index (χ0v) is 13.3. The summed E-state index contributed by atoms with van der Waals surface area (Å²) < 4.78 is 5.29. The Kier molecular flexibility index (Phi) is 4.33. The molecule has 0 unspecified atom stereocenters. The van der Waals surface area contributed by atoms with Gasteiger partial charge in [0, 0.05) is 36.5 Å². The molecule has 2 aromatic rings.